The zero-order chi connectivity index (χ0) is 7.56. The second-order valence-corrected chi connectivity index (χ2v) is 1.86. The zero-order valence-electron chi connectivity index (χ0n) is 5.53. The Bertz CT molecular complexity index is 179. The molecule has 1 aliphatic heterocycles. The molecule has 0 aromatic heterocycles. The molecule has 0 aromatic rings. The van der Waals surface area contributed by atoms with Gasteiger partial charge in [-0.2, -0.15) is 0 Å². The van der Waals surface area contributed by atoms with Crippen molar-refractivity contribution in [3.8, 4) is 0 Å². The highest BCUT2D eigenvalue weighted by atomic mass is 16.5. The number of carbonyl (C=O) groups excluding carboxylic acids is 2. The quantitative estimate of drug-likeness (QED) is 0.488. The van der Waals surface area contributed by atoms with Crippen molar-refractivity contribution in [3.63, 3.8) is 0 Å². The third-order valence-corrected chi connectivity index (χ3v) is 1.16. The van der Waals surface area contributed by atoms with Crippen LogP contribution in [0.2, 0.25) is 0 Å². The molecule has 0 bridgehead atoms. The summed E-state index contributed by atoms with van der Waals surface area (Å²) in [6.07, 6.45) is 2.45. The summed E-state index contributed by atoms with van der Waals surface area (Å²) >= 11 is 0. The summed E-state index contributed by atoms with van der Waals surface area (Å²) in [4.78, 5) is 22.4. The summed E-state index contributed by atoms with van der Waals surface area (Å²) in [5.74, 6) is -0.626. The van der Waals surface area contributed by atoms with E-state index in [4.69, 9.17) is 0 Å². The Morgan fingerprint density at radius 3 is 2.30 bits per heavy atom. The summed E-state index contributed by atoms with van der Waals surface area (Å²) in [7, 11) is 1.43. The number of ether oxygens (including phenoxy) is 1. The Morgan fingerprint density at radius 1 is 1.40 bits per heavy atom. The van der Waals surface area contributed by atoms with Crippen LogP contribution in [0.1, 0.15) is 0 Å². The fraction of sp³-hybridized carbons (Fsp3) is 0.333. The average Bonchev–Trinajstić information content (AvgIpc) is 2.20. The molecule has 4 nitrogen and oxygen atoms in total. The lowest BCUT2D eigenvalue weighted by Crippen LogP contribution is -2.31. The van der Waals surface area contributed by atoms with E-state index in [0.717, 1.165) is 4.90 Å². The van der Waals surface area contributed by atoms with Gasteiger partial charge < -0.3 is 4.74 Å². The predicted molar refractivity (Wildman–Crippen MR) is 32.9 cm³/mol. The lowest BCUT2D eigenvalue weighted by atomic mass is 10.6. The molecule has 0 unspecified atom stereocenters. The van der Waals surface area contributed by atoms with Gasteiger partial charge in [-0.25, -0.2) is 0 Å². The molecule has 0 fully saturated rings. The smallest absolute Gasteiger partial charge is 0.255 e. The van der Waals surface area contributed by atoms with E-state index in [1.165, 1.54) is 19.3 Å². The van der Waals surface area contributed by atoms with Crippen molar-refractivity contribution in [2.75, 3.05) is 13.8 Å². The summed E-state index contributed by atoms with van der Waals surface area (Å²) < 4.78 is 4.61. The minimum atomic E-state index is -0.313. The van der Waals surface area contributed by atoms with Crippen molar-refractivity contribution < 1.29 is 14.3 Å². The van der Waals surface area contributed by atoms with E-state index in [2.05, 4.69) is 4.74 Å². The van der Waals surface area contributed by atoms with Crippen LogP contribution >= 0.6 is 0 Å². The van der Waals surface area contributed by atoms with Gasteiger partial charge in [0, 0.05) is 19.3 Å². The predicted octanol–water partition coefficient (Wildman–Crippen LogP) is -0.485. The Hall–Kier alpha value is -1.16. The van der Waals surface area contributed by atoms with Crippen LogP contribution in [0.3, 0.4) is 0 Å². The third kappa shape index (κ3) is 1.06. The van der Waals surface area contributed by atoms with Crippen molar-refractivity contribution >= 4 is 11.8 Å². The first kappa shape index (κ1) is 6.95. The van der Waals surface area contributed by atoms with Gasteiger partial charge >= 0.3 is 0 Å². The fourth-order valence-corrected chi connectivity index (χ4v) is 0.687. The average molecular weight is 141 g/mol. The molecule has 2 amide bonds. The molecule has 0 aliphatic carbocycles. The van der Waals surface area contributed by atoms with Crippen LogP contribution in [-0.2, 0) is 14.3 Å². The molecule has 1 heterocycles. The van der Waals surface area contributed by atoms with E-state index in [9.17, 15) is 9.59 Å². The highest BCUT2D eigenvalue weighted by Crippen LogP contribution is 2.01. The van der Waals surface area contributed by atoms with Gasteiger partial charge in [-0.1, -0.05) is 0 Å². The van der Waals surface area contributed by atoms with Crippen LogP contribution in [0, 0.1) is 0 Å². The molecule has 0 spiro atoms. The topological polar surface area (TPSA) is 46.6 Å². The van der Waals surface area contributed by atoms with E-state index >= 15 is 0 Å². The first-order chi connectivity index (χ1) is 4.75. The van der Waals surface area contributed by atoms with Crippen LogP contribution in [0.15, 0.2) is 12.2 Å². The number of rotatable bonds is 2. The summed E-state index contributed by atoms with van der Waals surface area (Å²) in [5, 5.41) is 0. The molecule has 0 radical (unpaired) electrons. The zero-order valence-corrected chi connectivity index (χ0v) is 5.53. The number of hydrogen-bond donors (Lipinski definition) is 0. The molecule has 0 atom stereocenters. The lowest BCUT2D eigenvalue weighted by molar-refractivity contribution is -0.141. The van der Waals surface area contributed by atoms with E-state index in [-0.39, 0.29) is 18.5 Å². The number of imide groups is 1. The van der Waals surface area contributed by atoms with E-state index < -0.39 is 0 Å². The normalized spacial score (nSPS) is 17.1. The molecule has 0 N–H and O–H groups in total. The van der Waals surface area contributed by atoms with Crippen LogP contribution in [0.5, 0.6) is 0 Å². The second-order valence-electron chi connectivity index (χ2n) is 1.86. The standard InChI is InChI=1S/C6H7NO3/c1-10-4-7-5(8)2-3-6(7)9/h2-3H,4H2,1H3. The SMILES string of the molecule is COCN1C(=O)C=CC1=O. The van der Waals surface area contributed by atoms with Crippen molar-refractivity contribution in [1.29, 1.82) is 0 Å². The van der Waals surface area contributed by atoms with Gasteiger partial charge in [0.1, 0.15) is 6.73 Å². The lowest BCUT2D eigenvalue weighted by Gasteiger charge is -2.10. The summed E-state index contributed by atoms with van der Waals surface area (Å²) in [6, 6.07) is 0. The van der Waals surface area contributed by atoms with Crippen molar-refractivity contribution in [1.82, 2.24) is 4.90 Å². The summed E-state index contributed by atoms with van der Waals surface area (Å²) in [5.41, 5.74) is 0. The molecular weight excluding hydrogens is 134 g/mol. The Kier molecular flexibility index (Phi) is 1.82. The third-order valence-electron chi connectivity index (χ3n) is 1.16. The molecule has 4 heteroatoms. The molecule has 10 heavy (non-hydrogen) atoms. The molecule has 1 rings (SSSR count). The highest BCUT2D eigenvalue weighted by Gasteiger charge is 2.22. The maximum Gasteiger partial charge on any atom is 0.255 e. The van der Waals surface area contributed by atoms with Gasteiger partial charge in [0.25, 0.3) is 11.8 Å². The molecule has 0 aromatic carbocycles. The summed E-state index contributed by atoms with van der Waals surface area (Å²) in [6.45, 7) is 0.0324. The van der Waals surface area contributed by atoms with Crippen LogP contribution in [-0.4, -0.2) is 30.6 Å². The molecule has 54 valence electrons. The number of nitrogens with zero attached hydrogens (tertiary/aromatic N) is 1. The van der Waals surface area contributed by atoms with Crippen LogP contribution in [0.4, 0.5) is 0 Å². The molecule has 0 saturated carbocycles. The molecule has 0 saturated heterocycles. The number of carbonyl (C=O) groups is 2. The first-order valence-corrected chi connectivity index (χ1v) is 2.78. The van der Waals surface area contributed by atoms with E-state index in [0.29, 0.717) is 0 Å². The fourth-order valence-electron chi connectivity index (χ4n) is 0.687. The van der Waals surface area contributed by atoms with Gasteiger partial charge in [-0.3, -0.25) is 14.5 Å². The molecule has 1 aliphatic rings. The second kappa shape index (κ2) is 2.62. The van der Waals surface area contributed by atoms with E-state index in [1.54, 1.807) is 0 Å². The largest absolute Gasteiger partial charge is 0.364 e. The molecular formula is C6H7NO3. The first-order valence-electron chi connectivity index (χ1n) is 2.78. The minimum Gasteiger partial charge on any atom is -0.364 e. The van der Waals surface area contributed by atoms with Crippen molar-refractivity contribution in [2.24, 2.45) is 0 Å². The van der Waals surface area contributed by atoms with Crippen molar-refractivity contribution in [2.45, 2.75) is 0 Å². The van der Waals surface area contributed by atoms with E-state index in [1.807, 2.05) is 0 Å². The van der Waals surface area contributed by atoms with Crippen LogP contribution in [0.25, 0.3) is 0 Å². The highest BCUT2D eigenvalue weighted by molar-refractivity contribution is 6.12. The minimum absolute atomic E-state index is 0.0324. The maximum absolute atomic E-state index is 10.7. The van der Waals surface area contributed by atoms with Gasteiger partial charge in [0.2, 0.25) is 0 Å². The van der Waals surface area contributed by atoms with Gasteiger partial charge in [-0.15, -0.1) is 0 Å². The van der Waals surface area contributed by atoms with Gasteiger partial charge in [-0.05, 0) is 0 Å². The maximum atomic E-state index is 10.7. The Balaban J connectivity index is 2.60. The van der Waals surface area contributed by atoms with Crippen LogP contribution < -0.4 is 0 Å². The number of amides is 2. The number of methoxy groups -OCH3 is 1. The van der Waals surface area contributed by atoms with Crippen molar-refractivity contribution in [3.05, 3.63) is 12.2 Å². The van der Waals surface area contributed by atoms with Gasteiger partial charge in [0.05, 0.1) is 0 Å². The number of hydrogen-bond acceptors (Lipinski definition) is 3. The Labute approximate surface area is 58.1 Å². The Morgan fingerprint density at radius 2 is 1.90 bits per heavy atom. The van der Waals surface area contributed by atoms with Gasteiger partial charge in [0.15, 0.2) is 0 Å². The monoisotopic (exact) mass is 141 g/mol.